The van der Waals surface area contributed by atoms with Gasteiger partial charge in [-0.3, -0.25) is 9.59 Å². The lowest BCUT2D eigenvalue weighted by Gasteiger charge is -2.43. The smallest absolute Gasteiger partial charge is 0.314 e. The van der Waals surface area contributed by atoms with Gasteiger partial charge in [0.1, 0.15) is 11.1 Å². The molecule has 1 aliphatic rings. The zero-order valence-electron chi connectivity index (χ0n) is 15.3. The number of aliphatic carboxylic acids is 1. The zero-order valence-corrected chi connectivity index (χ0v) is 16.1. The molecule has 1 fully saturated rings. The lowest BCUT2D eigenvalue weighted by Crippen LogP contribution is -2.57. The van der Waals surface area contributed by atoms with Crippen LogP contribution in [0.1, 0.15) is 47.2 Å². The molecular formula is C20H24N2O4S. The van der Waals surface area contributed by atoms with E-state index in [1.807, 2.05) is 37.3 Å². The summed E-state index contributed by atoms with van der Waals surface area (Å²) in [6, 6.07) is 9.92. The molecule has 0 saturated carbocycles. The Morgan fingerprint density at radius 3 is 2.74 bits per heavy atom. The van der Waals surface area contributed by atoms with E-state index in [9.17, 15) is 19.8 Å². The Balaban J connectivity index is 1.75. The van der Waals surface area contributed by atoms with Crippen LogP contribution in [0.5, 0.6) is 0 Å². The molecule has 7 heteroatoms. The van der Waals surface area contributed by atoms with Gasteiger partial charge in [-0.25, -0.2) is 4.98 Å². The standard InChI is InChI=1S/C20H24N2O4S/c1-2-9-20(19(25)26)13-22(10-8-16(20)23)18(24)15-12-27-17(21-15)11-14-6-4-3-5-7-14/h3-7,12,16,23H,2,8-11,13H2,1H3,(H,25,26)/t16-,20+/m0/s1. The third-order valence-electron chi connectivity index (χ3n) is 5.16. The molecule has 0 aliphatic carbocycles. The number of piperidine rings is 1. The second kappa shape index (κ2) is 8.19. The third kappa shape index (κ3) is 4.04. The highest BCUT2D eigenvalue weighted by Crippen LogP contribution is 2.36. The number of carbonyl (C=O) groups is 2. The summed E-state index contributed by atoms with van der Waals surface area (Å²) in [7, 11) is 0. The number of aliphatic hydroxyl groups excluding tert-OH is 1. The van der Waals surface area contributed by atoms with Crippen molar-refractivity contribution < 1.29 is 19.8 Å². The minimum atomic E-state index is -1.30. The van der Waals surface area contributed by atoms with E-state index in [1.165, 1.54) is 16.2 Å². The SMILES string of the molecule is CCC[C@@]1(C(=O)O)CN(C(=O)c2csc(Cc3ccccc3)n2)CC[C@@H]1O. The molecule has 2 aromatic rings. The Bertz CT molecular complexity index is 807. The third-order valence-corrected chi connectivity index (χ3v) is 6.01. The van der Waals surface area contributed by atoms with Crippen LogP contribution in [0.25, 0.3) is 0 Å². The van der Waals surface area contributed by atoms with Gasteiger partial charge in [0.25, 0.3) is 5.91 Å². The normalized spacial score (nSPS) is 22.6. The van der Waals surface area contributed by atoms with Crippen molar-refractivity contribution in [3.05, 3.63) is 52.0 Å². The molecule has 0 unspecified atom stereocenters. The minimum Gasteiger partial charge on any atom is -0.481 e. The van der Waals surface area contributed by atoms with Crippen molar-refractivity contribution in [2.45, 2.75) is 38.7 Å². The highest BCUT2D eigenvalue weighted by atomic mass is 32.1. The fraction of sp³-hybridized carbons (Fsp3) is 0.450. The van der Waals surface area contributed by atoms with Crippen LogP contribution < -0.4 is 0 Å². The molecular weight excluding hydrogens is 364 g/mol. The number of nitrogens with zero attached hydrogens (tertiary/aromatic N) is 2. The van der Waals surface area contributed by atoms with E-state index in [4.69, 9.17) is 0 Å². The number of carboxylic acids is 1. The molecule has 1 saturated heterocycles. The minimum absolute atomic E-state index is 0.0156. The number of benzene rings is 1. The average Bonchev–Trinajstić information content (AvgIpc) is 3.12. The topological polar surface area (TPSA) is 90.7 Å². The Hall–Kier alpha value is -2.25. The van der Waals surface area contributed by atoms with E-state index in [-0.39, 0.29) is 18.9 Å². The van der Waals surface area contributed by atoms with Gasteiger partial charge in [0, 0.05) is 24.9 Å². The number of hydrogen-bond donors (Lipinski definition) is 2. The van der Waals surface area contributed by atoms with Crippen molar-refractivity contribution in [3.63, 3.8) is 0 Å². The first-order chi connectivity index (χ1) is 13.0. The highest BCUT2D eigenvalue weighted by molar-refractivity contribution is 7.09. The van der Waals surface area contributed by atoms with Crippen molar-refractivity contribution in [2.75, 3.05) is 13.1 Å². The number of aromatic nitrogens is 1. The highest BCUT2D eigenvalue weighted by Gasteiger charge is 2.49. The fourth-order valence-electron chi connectivity index (χ4n) is 3.68. The molecule has 3 rings (SSSR count). The van der Waals surface area contributed by atoms with E-state index in [2.05, 4.69) is 4.98 Å². The van der Waals surface area contributed by atoms with Crippen molar-refractivity contribution in [1.29, 1.82) is 0 Å². The van der Waals surface area contributed by atoms with Crippen LogP contribution in [0.15, 0.2) is 35.7 Å². The van der Waals surface area contributed by atoms with Crippen LogP contribution in [-0.2, 0) is 11.2 Å². The van der Waals surface area contributed by atoms with E-state index >= 15 is 0 Å². The summed E-state index contributed by atoms with van der Waals surface area (Å²) < 4.78 is 0. The fourth-order valence-corrected chi connectivity index (χ4v) is 4.49. The predicted molar refractivity (Wildman–Crippen MR) is 103 cm³/mol. The van der Waals surface area contributed by atoms with Crippen molar-refractivity contribution in [3.8, 4) is 0 Å². The summed E-state index contributed by atoms with van der Waals surface area (Å²) in [6.45, 7) is 2.24. The Morgan fingerprint density at radius 1 is 1.33 bits per heavy atom. The number of thiazole rings is 1. The van der Waals surface area contributed by atoms with Gasteiger partial charge in [0.15, 0.2) is 0 Å². The number of hydrogen-bond acceptors (Lipinski definition) is 5. The van der Waals surface area contributed by atoms with Crippen molar-refractivity contribution in [2.24, 2.45) is 5.41 Å². The van der Waals surface area contributed by atoms with Gasteiger partial charge < -0.3 is 15.1 Å². The first-order valence-electron chi connectivity index (χ1n) is 9.15. The van der Waals surface area contributed by atoms with Crippen LogP contribution in [0, 0.1) is 5.41 Å². The first-order valence-corrected chi connectivity index (χ1v) is 10.0. The van der Waals surface area contributed by atoms with Gasteiger partial charge in [-0.05, 0) is 18.4 Å². The molecule has 0 radical (unpaired) electrons. The molecule has 1 aliphatic heterocycles. The number of amides is 1. The van der Waals surface area contributed by atoms with Gasteiger partial charge in [-0.1, -0.05) is 43.7 Å². The summed E-state index contributed by atoms with van der Waals surface area (Å²) in [5.74, 6) is -1.31. The van der Waals surface area contributed by atoms with Crippen molar-refractivity contribution >= 4 is 23.2 Å². The van der Waals surface area contributed by atoms with Gasteiger partial charge in [0.05, 0.1) is 11.1 Å². The van der Waals surface area contributed by atoms with Gasteiger partial charge >= 0.3 is 5.97 Å². The summed E-state index contributed by atoms with van der Waals surface area (Å²) in [5, 5.41) is 22.6. The number of carboxylic acid groups (broad SMARTS) is 1. The second-order valence-corrected chi connectivity index (χ2v) is 7.97. The maximum atomic E-state index is 12.9. The predicted octanol–water partition coefficient (Wildman–Crippen LogP) is 2.81. The lowest BCUT2D eigenvalue weighted by atomic mass is 9.74. The van der Waals surface area contributed by atoms with Gasteiger partial charge in [-0.2, -0.15) is 0 Å². The molecule has 27 heavy (non-hydrogen) atoms. The van der Waals surface area contributed by atoms with Crippen molar-refractivity contribution in [1.82, 2.24) is 9.88 Å². The van der Waals surface area contributed by atoms with Gasteiger partial charge in [-0.15, -0.1) is 11.3 Å². The van der Waals surface area contributed by atoms with Crippen LogP contribution in [0.2, 0.25) is 0 Å². The van der Waals surface area contributed by atoms with E-state index < -0.39 is 17.5 Å². The summed E-state index contributed by atoms with van der Waals surface area (Å²) in [5.41, 5.74) is 0.170. The molecule has 1 aromatic carbocycles. The quantitative estimate of drug-likeness (QED) is 0.794. The largest absolute Gasteiger partial charge is 0.481 e. The summed E-state index contributed by atoms with van der Waals surface area (Å²) in [4.78, 5) is 30.7. The molecule has 2 atom stereocenters. The number of rotatable bonds is 6. The number of carbonyl (C=O) groups excluding carboxylic acids is 1. The Kier molecular flexibility index (Phi) is 5.92. The molecule has 144 valence electrons. The molecule has 2 N–H and O–H groups in total. The number of likely N-dealkylation sites (tertiary alicyclic amines) is 1. The van der Waals surface area contributed by atoms with E-state index in [0.29, 0.717) is 31.5 Å². The molecule has 0 spiro atoms. The molecule has 1 aromatic heterocycles. The van der Waals surface area contributed by atoms with E-state index in [0.717, 1.165) is 10.6 Å². The molecule has 0 bridgehead atoms. The second-order valence-electron chi connectivity index (χ2n) is 7.03. The molecule has 1 amide bonds. The molecule has 2 heterocycles. The van der Waals surface area contributed by atoms with Gasteiger partial charge in [0.2, 0.25) is 0 Å². The van der Waals surface area contributed by atoms with E-state index in [1.54, 1.807) is 5.38 Å². The monoisotopic (exact) mass is 388 g/mol. The lowest BCUT2D eigenvalue weighted by molar-refractivity contribution is -0.162. The first kappa shape index (κ1) is 19.5. The van der Waals surface area contributed by atoms with Crippen LogP contribution in [-0.4, -0.2) is 51.2 Å². The van der Waals surface area contributed by atoms with Crippen LogP contribution in [0.4, 0.5) is 0 Å². The maximum absolute atomic E-state index is 12.9. The van der Waals surface area contributed by atoms with Crippen LogP contribution >= 0.6 is 11.3 Å². The summed E-state index contributed by atoms with van der Waals surface area (Å²) in [6.07, 6.45) is 0.946. The Morgan fingerprint density at radius 2 is 2.07 bits per heavy atom. The Labute approximate surface area is 162 Å². The summed E-state index contributed by atoms with van der Waals surface area (Å²) >= 11 is 1.43. The average molecular weight is 388 g/mol. The van der Waals surface area contributed by atoms with Crippen LogP contribution in [0.3, 0.4) is 0 Å². The molecule has 6 nitrogen and oxygen atoms in total. The maximum Gasteiger partial charge on any atom is 0.314 e. The zero-order chi connectivity index (χ0) is 19.4. The number of aliphatic hydroxyl groups is 1.